The van der Waals surface area contributed by atoms with Crippen molar-refractivity contribution in [2.75, 3.05) is 0 Å². The second kappa shape index (κ2) is 6.40. The minimum absolute atomic E-state index is 0.120. The van der Waals surface area contributed by atoms with E-state index in [1.54, 1.807) is 0 Å². The standard InChI is InChI=1S/C14H21NO2/c1-10(2)9-11-3-5-12(6-4-11)13(15)7-8-14(16)17/h3-6,10,13H,7-9,15H2,1-2H3,(H,16,17). The summed E-state index contributed by atoms with van der Waals surface area (Å²) in [7, 11) is 0. The van der Waals surface area contributed by atoms with Gasteiger partial charge in [-0.1, -0.05) is 38.1 Å². The summed E-state index contributed by atoms with van der Waals surface area (Å²) in [5.41, 5.74) is 8.24. The normalized spacial score (nSPS) is 12.7. The number of rotatable bonds is 6. The molecule has 94 valence electrons. The van der Waals surface area contributed by atoms with Crippen molar-refractivity contribution in [3.05, 3.63) is 35.4 Å². The molecule has 1 unspecified atom stereocenters. The molecule has 0 saturated heterocycles. The molecule has 3 heteroatoms. The van der Waals surface area contributed by atoms with Gasteiger partial charge in [0.1, 0.15) is 0 Å². The first-order chi connectivity index (χ1) is 7.99. The van der Waals surface area contributed by atoms with Gasteiger partial charge in [-0.15, -0.1) is 0 Å². The molecular formula is C14H21NO2. The van der Waals surface area contributed by atoms with Crippen molar-refractivity contribution in [1.29, 1.82) is 0 Å². The Morgan fingerprint density at radius 3 is 2.35 bits per heavy atom. The maximum atomic E-state index is 10.5. The van der Waals surface area contributed by atoms with Crippen LogP contribution in [0.5, 0.6) is 0 Å². The minimum atomic E-state index is -0.795. The van der Waals surface area contributed by atoms with Crippen LogP contribution >= 0.6 is 0 Å². The Hall–Kier alpha value is -1.35. The van der Waals surface area contributed by atoms with E-state index in [-0.39, 0.29) is 12.5 Å². The molecule has 0 aliphatic carbocycles. The molecule has 0 radical (unpaired) electrons. The predicted octanol–water partition coefficient (Wildman–Crippen LogP) is 2.75. The van der Waals surface area contributed by atoms with Gasteiger partial charge in [0.25, 0.3) is 0 Å². The molecule has 0 fully saturated rings. The van der Waals surface area contributed by atoms with Gasteiger partial charge in [-0.3, -0.25) is 4.79 Å². The highest BCUT2D eigenvalue weighted by Crippen LogP contribution is 2.17. The maximum Gasteiger partial charge on any atom is 0.303 e. The van der Waals surface area contributed by atoms with Crippen LogP contribution in [0, 0.1) is 5.92 Å². The fraction of sp³-hybridized carbons (Fsp3) is 0.500. The molecular weight excluding hydrogens is 214 g/mol. The fourth-order valence-electron chi connectivity index (χ4n) is 1.82. The average molecular weight is 235 g/mol. The molecule has 3 nitrogen and oxygen atoms in total. The van der Waals surface area contributed by atoms with Crippen molar-refractivity contribution >= 4 is 5.97 Å². The molecule has 0 aliphatic rings. The van der Waals surface area contributed by atoms with E-state index >= 15 is 0 Å². The third-order valence-corrected chi connectivity index (χ3v) is 2.72. The average Bonchev–Trinajstić information content (AvgIpc) is 2.26. The zero-order valence-corrected chi connectivity index (χ0v) is 10.5. The van der Waals surface area contributed by atoms with Crippen LogP contribution in [-0.2, 0) is 11.2 Å². The summed E-state index contributed by atoms with van der Waals surface area (Å²) in [4.78, 5) is 10.5. The lowest BCUT2D eigenvalue weighted by Crippen LogP contribution is -2.12. The first kappa shape index (κ1) is 13.7. The Labute approximate surface area is 103 Å². The van der Waals surface area contributed by atoms with Crippen molar-refractivity contribution in [3.63, 3.8) is 0 Å². The lowest BCUT2D eigenvalue weighted by atomic mass is 9.98. The molecule has 1 aromatic rings. The van der Waals surface area contributed by atoms with Crippen LogP contribution in [0.1, 0.15) is 43.9 Å². The molecule has 0 heterocycles. The largest absolute Gasteiger partial charge is 0.481 e. The third kappa shape index (κ3) is 5.00. The highest BCUT2D eigenvalue weighted by molar-refractivity contribution is 5.66. The molecule has 0 amide bonds. The molecule has 1 atom stereocenters. The number of carboxylic acids is 1. The topological polar surface area (TPSA) is 63.3 Å². The Kier molecular flexibility index (Phi) is 5.16. The second-order valence-corrected chi connectivity index (χ2v) is 4.88. The number of hydrogen-bond donors (Lipinski definition) is 2. The van der Waals surface area contributed by atoms with Gasteiger partial charge in [0.15, 0.2) is 0 Å². The van der Waals surface area contributed by atoms with Gasteiger partial charge in [-0.05, 0) is 29.9 Å². The lowest BCUT2D eigenvalue weighted by Gasteiger charge is -2.12. The van der Waals surface area contributed by atoms with Crippen LogP contribution in [0.2, 0.25) is 0 Å². The van der Waals surface area contributed by atoms with Gasteiger partial charge in [0, 0.05) is 12.5 Å². The minimum Gasteiger partial charge on any atom is -0.481 e. The summed E-state index contributed by atoms with van der Waals surface area (Å²) in [6.07, 6.45) is 1.67. The van der Waals surface area contributed by atoms with E-state index in [1.165, 1.54) is 5.56 Å². The summed E-state index contributed by atoms with van der Waals surface area (Å²) < 4.78 is 0. The summed E-state index contributed by atoms with van der Waals surface area (Å²) in [6.45, 7) is 4.37. The summed E-state index contributed by atoms with van der Waals surface area (Å²) in [6, 6.07) is 7.99. The first-order valence-corrected chi connectivity index (χ1v) is 6.05. The first-order valence-electron chi connectivity index (χ1n) is 6.05. The number of benzene rings is 1. The highest BCUT2D eigenvalue weighted by Gasteiger charge is 2.08. The molecule has 3 N–H and O–H groups in total. The Morgan fingerprint density at radius 2 is 1.88 bits per heavy atom. The van der Waals surface area contributed by atoms with Gasteiger partial charge < -0.3 is 10.8 Å². The van der Waals surface area contributed by atoms with Crippen molar-refractivity contribution in [1.82, 2.24) is 0 Å². The molecule has 0 saturated carbocycles. The monoisotopic (exact) mass is 235 g/mol. The van der Waals surface area contributed by atoms with Crippen LogP contribution in [0.25, 0.3) is 0 Å². The highest BCUT2D eigenvalue weighted by atomic mass is 16.4. The van der Waals surface area contributed by atoms with Crippen LogP contribution in [0.3, 0.4) is 0 Å². The number of carboxylic acid groups (broad SMARTS) is 1. The Morgan fingerprint density at radius 1 is 1.29 bits per heavy atom. The van der Waals surface area contributed by atoms with E-state index in [4.69, 9.17) is 10.8 Å². The Balaban J connectivity index is 2.57. The lowest BCUT2D eigenvalue weighted by molar-refractivity contribution is -0.137. The van der Waals surface area contributed by atoms with Crippen LogP contribution in [0.15, 0.2) is 24.3 Å². The maximum absolute atomic E-state index is 10.5. The van der Waals surface area contributed by atoms with Crippen molar-refractivity contribution in [2.45, 2.75) is 39.2 Å². The molecule has 0 spiro atoms. The molecule has 0 aromatic heterocycles. The zero-order valence-electron chi connectivity index (χ0n) is 10.5. The number of hydrogen-bond acceptors (Lipinski definition) is 2. The van der Waals surface area contributed by atoms with Crippen molar-refractivity contribution < 1.29 is 9.90 Å². The van der Waals surface area contributed by atoms with E-state index in [0.29, 0.717) is 12.3 Å². The van der Waals surface area contributed by atoms with Crippen LogP contribution in [0.4, 0.5) is 0 Å². The number of nitrogens with two attached hydrogens (primary N) is 1. The quantitative estimate of drug-likeness (QED) is 0.797. The molecule has 1 rings (SSSR count). The predicted molar refractivity (Wildman–Crippen MR) is 68.8 cm³/mol. The number of carbonyl (C=O) groups is 1. The summed E-state index contributed by atoms with van der Waals surface area (Å²) in [5, 5.41) is 8.60. The third-order valence-electron chi connectivity index (χ3n) is 2.72. The molecule has 0 aliphatic heterocycles. The SMILES string of the molecule is CC(C)Cc1ccc(C(N)CCC(=O)O)cc1. The van der Waals surface area contributed by atoms with Gasteiger partial charge in [0.2, 0.25) is 0 Å². The second-order valence-electron chi connectivity index (χ2n) is 4.88. The van der Waals surface area contributed by atoms with E-state index in [1.807, 2.05) is 12.1 Å². The van der Waals surface area contributed by atoms with Crippen molar-refractivity contribution in [2.24, 2.45) is 11.7 Å². The number of aliphatic carboxylic acids is 1. The van der Waals surface area contributed by atoms with E-state index in [9.17, 15) is 4.79 Å². The van der Waals surface area contributed by atoms with Gasteiger partial charge in [0.05, 0.1) is 0 Å². The van der Waals surface area contributed by atoms with E-state index in [0.717, 1.165) is 12.0 Å². The molecule has 0 bridgehead atoms. The van der Waals surface area contributed by atoms with Gasteiger partial charge >= 0.3 is 5.97 Å². The molecule has 17 heavy (non-hydrogen) atoms. The van der Waals surface area contributed by atoms with Crippen LogP contribution in [-0.4, -0.2) is 11.1 Å². The zero-order chi connectivity index (χ0) is 12.8. The fourth-order valence-corrected chi connectivity index (χ4v) is 1.82. The molecule has 1 aromatic carbocycles. The van der Waals surface area contributed by atoms with E-state index < -0.39 is 5.97 Å². The van der Waals surface area contributed by atoms with Crippen LogP contribution < -0.4 is 5.73 Å². The van der Waals surface area contributed by atoms with Gasteiger partial charge in [-0.25, -0.2) is 0 Å². The summed E-state index contributed by atoms with van der Waals surface area (Å²) >= 11 is 0. The summed E-state index contributed by atoms with van der Waals surface area (Å²) in [5.74, 6) is -0.154. The Bertz CT molecular complexity index is 357. The van der Waals surface area contributed by atoms with Gasteiger partial charge in [-0.2, -0.15) is 0 Å². The van der Waals surface area contributed by atoms with Crippen molar-refractivity contribution in [3.8, 4) is 0 Å². The smallest absolute Gasteiger partial charge is 0.303 e. The van der Waals surface area contributed by atoms with E-state index in [2.05, 4.69) is 26.0 Å².